The van der Waals surface area contributed by atoms with Crippen molar-refractivity contribution in [1.29, 1.82) is 0 Å². The number of aromatic nitrogens is 2. The Morgan fingerprint density at radius 2 is 2.18 bits per heavy atom. The zero-order valence-electron chi connectivity index (χ0n) is 10.1. The van der Waals surface area contributed by atoms with E-state index in [9.17, 15) is 0 Å². The van der Waals surface area contributed by atoms with E-state index in [1.807, 2.05) is 19.3 Å². The van der Waals surface area contributed by atoms with Crippen LogP contribution in [-0.4, -0.2) is 16.1 Å². The molecule has 1 N–H and O–H groups in total. The third-order valence-electron chi connectivity index (χ3n) is 2.79. The van der Waals surface area contributed by atoms with E-state index >= 15 is 0 Å². The van der Waals surface area contributed by atoms with E-state index in [1.54, 1.807) is 0 Å². The first-order valence-electron chi connectivity index (χ1n) is 5.64. The summed E-state index contributed by atoms with van der Waals surface area (Å²) in [6.45, 7) is 5.95. The number of nitrogens with one attached hydrogen (secondary N) is 1. The second-order valence-corrected chi connectivity index (χ2v) is 4.97. The fraction of sp³-hybridized carbons (Fsp3) is 0.308. The van der Waals surface area contributed by atoms with Crippen LogP contribution in [0.15, 0.2) is 35.1 Å². The lowest BCUT2D eigenvalue weighted by Crippen LogP contribution is -2.11. The van der Waals surface area contributed by atoms with Crippen molar-refractivity contribution in [3.05, 3.63) is 46.5 Å². The Bertz CT molecular complexity index is 505. The average Bonchev–Trinajstić information content (AvgIpc) is 2.70. The molecule has 0 saturated carbocycles. The molecule has 0 aliphatic heterocycles. The predicted octanol–water partition coefficient (Wildman–Crippen LogP) is 3.37. The van der Waals surface area contributed by atoms with E-state index in [4.69, 9.17) is 0 Å². The monoisotopic (exact) mass is 293 g/mol. The summed E-state index contributed by atoms with van der Waals surface area (Å²) in [5.74, 6) is 1.05. The first kappa shape index (κ1) is 12.2. The minimum Gasteiger partial charge on any atom is -0.383 e. The molecule has 0 spiro atoms. The van der Waals surface area contributed by atoms with Crippen molar-refractivity contribution in [3.63, 3.8) is 0 Å². The van der Waals surface area contributed by atoms with Gasteiger partial charge in [0, 0.05) is 35.6 Å². The Morgan fingerprint density at radius 3 is 2.88 bits per heavy atom. The molecule has 1 aromatic heterocycles. The summed E-state index contributed by atoms with van der Waals surface area (Å²) in [5, 5.41) is 3.44. The molecule has 17 heavy (non-hydrogen) atoms. The molecular weight excluding hydrogens is 278 g/mol. The Hall–Kier alpha value is -1.29. The quantitative estimate of drug-likeness (QED) is 0.937. The first-order valence-corrected chi connectivity index (χ1v) is 6.44. The highest BCUT2D eigenvalue weighted by Crippen LogP contribution is 2.20. The molecule has 0 aliphatic rings. The SMILES string of the molecule is Cc1ccc(Br)cc1NCCn1ccnc1C. The second-order valence-electron chi connectivity index (χ2n) is 4.05. The summed E-state index contributed by atoms with van der Waals surface area (Å²) >= 11 is 3.48. The third-order valence-corrected chi connectivity index (χ3v) is 3.28. The van der Waals surface area contributed by atoms with Gasteiger partial charge in [0.2, 0.25) is 0 Å². The second kappa shape index (κ2) is 5.36. The van der Waals surface area contributed by atoms with E-state index in [0.717, 1.165) is 23.4 Å². The number of aryl methyl sites for hydroxylation is 2. The summed E-state index contributed by atoms with van der Waals surface area (Å²) in [7, 11) is 0. The Morgan fingerprint density at radius 1 is 1.35 bits per heavy atom. The molecule has 0 unspecified atom stereocenters. The molecule has 0 saturated heterocycles. The molecule has 3 nitrogen and oxygen atoms in total. The van der Waals surface area contributed by atoms with Crippen molar-refractivity contribution < 1.29 is 0 Å². The molecule has 0 fully saturated rings. The summed E-state index contributed by atoms with van der Waals surface area (Å²) in [4.78, 5) is 4.20. The molecule has 1 aromatic carbocycles. The van der Waals surface area contributed by atoms with E-state index in [0.29, 0.717) is 0 Å². The Kier molecular flexibility index (Phi) is 3.84. The maximum Gasteiger partial charge on any atom is 0.105 e. The molecule has 0 radical (unpaired) electrons. The van der Waals surface area contributed by atoms with Crippen LogP contribution in [0.5, 0.6) is 0 Å². The Balaban J connectivity index is 1.94. The van der Waals surface area contributed by atoms with Gasteiger partial charge in [0.1, 0.15) is 5.82 Å². The van der Waals surface area contributed by atoms with Crippen LogP contribution in [0.4, 0.5) is 5.69 Å². The van der Waals surface area contributed by atoms with Crippen LogP contribution in [0, 0.1) is 13.8 Å². The standard InChI is InChI=1S/C13H16BrN3/c1-10-3-4-12(14)9-13(10)16-6-8-17-7-5-15-11(17)2/h3-5,7,9,16H,6,8H2,1-2H3. The smallest absolute Gasteiger partial charge is 0.105 e. The van der Waals surface area contributed by atoms with Gasteiger partial charge in [-0.05, 0) is 31.5 Å². The minimum absolute atomic E-state index is 0.897. The van der Waals surface area contributed by atoms with Crippen LogP contribution < -0.4 is 5.32 Å². The van der Waals surface area contributed by atoms with Crippen molar-refractivity contribution in [1.82, 2.24) is 9.55 Å². The maximum atomic E-state index is 4.20. The normalized spacial score (nSPS) is 10.5. The lowest BCUT2D eigenvalue weighted by Gasteiger charge is -2.11. The van der Waals surface area contributed by atoms with Crippen LogP contribution in [0.2, 0.25) is 0 Å². The highest BCUT2D eigenvalue weighted by Gasteiger charge is 1.99. The van der Waals surface area contributed by atoms with Crippen LogP contribution in [0.1, 0.15) is 11.4 Å². The number of halogens is 1. The molecule has 2 aromatic rings. The number of rotatable bonds is 4. The van der Waals surface area contributed by atoms with Gasteiger partial charge < -0.3 is 9.88 Å². The predicted molar refractivity (Wildman–Crippen MR) is 74.3 cm³/mol. The van der Waals surface area contributed by atoms with Crippen LogP contribution in [0.3, 0.4) is 0 Å². The van der Waals surface area contributed by atoms with Crippen LogP contribution in [0.25, 0.3) is 0 Å². The topological polar surface area (TPSA) is 29.9 Å². The van der Waals surface area contributed by atoms with Gasteiger partial charge in [-0.25, -0.2) is 4.98 Å². The van der Waals surface area contributed by atoms with Gasteiger partial charge >= 0.3 is 0 Å². The molecule has 0 atom stereocenters. The average molecular weight is 294 g/mol. The summed E-state index contributed by atoms with van der Waals surface area (Å²) in [6.07, 6.45) is 3.84. The number of nitrogens with zero attached hydrogens (tertiary/aromatic N) is 2. The lowest BCUT2D eigenvalue weighted by atomic mass is 10.2. The Labute approximate surface area is 110 Å². The molecule has 2 rings (SSSR count). The van der Waals surface area contributed by atoms with Gasteiger partial charge in [-0.3, -0.25) is 0 Å². The summed E-state index contributed by atoms with van der Waals surface area (Å²) < 4.78 is 3.24. The molecule has 90 valence electrons. The number of benzene rings is 1. The third kappa shape index (κ3) is 3.09. The van der Waals surface area contributed by atoms with Gasteiger partial charge in [0.25, 0.3) is 0 Å². The molecule has 0 bridgehead atoms. The number of hydrogen-bond acceptors (Lipinski definition) is 2. The highest BCUT2D eigenvalue weighted by molar-refractivity contribution is 9.10. The molecule has 0 amide bonds. The van der Waals surface area contributed by atoms with Crippen molar-refractivity contribution in [2.45, 2.75) is 20.4 Å². The maximum absolute atomic E-state index is 4.20. The summed E-state index contributed by atoms with van der Waals surface area (Å²) in [5.41, 5.74) is 2.44. The molecule has 4 heteroatoms. The van der Waals surface area contributed by atoms with Crippen LogP contribution >= 0.6 is 15.9 Å². The lowest BCUT2D eigenvalue weighted by molar-refractivity contribution is 0.701. The van der Waals surface area contributed by atoms with Crippen molar-refractivity contribution in [3.8, 4) is 0 Å². The molecule has 1 heterocycles. The zero-order chi connectivity index (χ0) is 12.3. The van der Waals surface area contributed by atoms with Crippen molar-refractivity contribution in [2.24, 2.45) is 0 Å². The van der Waals surface area contributed by atoms with E-state index in [-0.39, 0.29) is 0 Å². The van der Waals surface area contributed by atoms with Crippen LogP contribution in [-0.2, 0) is 6.54 Å². The van der Waals surface area contributed by atoms with Gasteiger partial charge in [-0.15, -0.1) is 0 Å². The van der Waals surface area contributed by atoms with Gasteiger partial charge in [0.05, 0.1) is 0 Å². The fourth-order valence-electron chi connectivity index (χ4n) is 1.74. The molecule has 0 aliphatic carbocycles. The van der Waals surface area contributed by atoms with E-state index in [1.165, 1.54) is 11.3 Å². The van der Waals surface area contributed by atoms with Gasteiger partial charge in [0.15, 0.2) is 0 Å². The highest BCUT2D eigenvalue weighted by atomic mass is 79.9. The molecular formula is C13H16BrN3. The zero-order valence-corrected chi connectivity index (χ0v) is 11.7. The number of imidazole rings is 1. The van der Waals surface area contributed by atoms with Crippen molar-refractivity contribution in [2.75, 3.05) is 11.9 Å². The van der Waals surface area contributed by atoms with E-state index < -0.39 is 0 Å². The van der Waals surface area contributed by atoms with Gasteiger partial charge in [-0.1, -0.05) is 22.0 Å². The fourth-order valence-corrected chi connectivity index (χ4v) is 2.10. The van der Waals surface area contributed by atoms with E-state index in [2.05, 4.69) is 55.9 Å². The minimum atomic E-state index is 0.897. The van der Waals surface area contributed by atoms with Crippen molar-refractivity contribution >= 4 is 21.6 Å². The summed E-state index contributed by atoms with van der Waals surface area (Å²) in [6, 6.07) is 6.27. The first-order chi connectivity index (χ1) is 8.16. The number of hydrogen-bond donors (Lipinski definition) is 1. The largest absolute Gasteiger partial charge is 0.383 e. The van der Waals surface area contributed by atoms with Gasteiger partial charge in [-0.2, -0.15) is 0 Å². The number of anilines is 1.